The Kier molecular flexibility index (Phi) is 5.17. The minimum absolute atomic E-state index is 0.257. The summed E-state index contributed by atoms with van der Waals surface area (Å²) in [4.78, 5) is 0. The molecule has 0 unspecified atom stereocenters. The molecule has 0 atom stereocenters. The van der Waals surface area contributed by atoms with Crippen LogP contribution in [0.25, 0.3) is 0 Å². The molecule has 0 bridgehead atoms. The third-order valence-corrected chi connectivity index (χ3v) is 3.86. The fourth-order valence-electron chi connectivity index (χ4n) is 2.16. The van der Waals surface area contributed by atoms with Gasteiger partial charge in [0.1, 0.15) is 5.82 Å². The molecular formula is C15H19BrFN3. The van der Waals surface area contributed by atoms with Crippen molar-refractivity contribution in [3.05, 3.63) is 46.4 Å². The number of halogens is 2. The van der Waals surface area contributed by atoms with Gasteiger partial charge < -0.3 is 5.32 Å². The van der Waals surface area contributed by atoms with Crippen LogP contribution in [-0.4, -0.2) is 9.78 Å². The number of hydrogen-bond acceptors (Lipinski definition) is 2. The van der Waals surface area contributed by atoms with Gasteiger partial charge in [-0.3, -0.25) is 4.68 Å². The van der Waals surface area contributed by atoms with Crippen LogP contribution in [0.5, 0.6) is 0 Å². The lowest BCUT2D eigenvalue weighted by atomic mass is 10.2. The Hall–Kier alpha value is -1.36. The van der Waals surface area contributed by atoms with E-state index in [0.29, 0.717) is 18.3 Å². The summed E-state index contributed by atoms with van der Waals surface area (Å²) in [6, 6.07) is 7.26. The maximum atomic E-state index is 13.6. The van der Waals surface area contributed by atoms with Crippen molar-refractivity contribution in [1.29, 1.82) is 0 Å². The molecule has 1 aromatic carbocycles. The molecule has 0 fully saturated rings. The van der Waals surface area contributed by atoms with Crippen molar-refractivity contribution < 1.29 is 4.39 Å². The zero-order chi connectivity index (χ0) is 14.5. The predicted molar refractivity (Wildman–Crippen MR) is 83.3 cm³/mol. The van der Waals surface area contributed by atoms with E-state index in [-0.39, 0.29) is 5.82 Å². The Labute approximate surface area is 127 Å². The van der Waals surface area contributed by atoms with Gasteiger partial charge in [0, 0.05) is 10.7 Å². The second-order valence-corrected chi connectivity index (χ2v) is 5.65. The van der Waals surface area contributed by atoms with Gasteiger partial charge in [0.2, 0.25) is 0 Å². The van der Waals surface area contributed by atoms with Crippen LogP contribution in [0.2, 0.25) is 0 Å². The van der Waals surface area contributed by atoms with Gasteiger partial charge in [0.05, 0.1) is 24.0 Å². The lowest BCUT2D eigenvalue weighted by molar-refractivity contribution is 0.426. The minimum Gasteiger partial charge on any atom is -0.377 e. The summed E-state index contributed by atoms with van der Waals surface area (Å²) in [5, 5.41) is 7.62. The van der Waals surface area contributed by atoms with Gasteiger partial charge in [-0.2, -0.15) is 5.10 Å². The van der Waals surface area contributed by atoms with Crippen molar-refractivity contribution in [2.75, 3.05) is 5.32 Å². The number of nitrogens with zero attached hydrogens (tertiary/aromatic N) is 2. The normalized spacial score (nSPS) is 11.1. The van der Waals surface area contributed by atoms with Crippen LogP contribution in [0.1, 0.15) is 38.4 Å². The quantitative estimate of drug-likeness (QED) is 0.822. The average Bonchev–Trinajstić information content (AvgIpc) is 2.90. The van der Waals surface area contributed by atoms with Crippen LogP contribution in [0.3, 0.4) is 0 Å². The molecule has 0 aliphatic carbocycles. The molecule has 0 saturated carbocycles. The second kappa shape index (κ2) is 6.88. The van der Waals surface area contributed by atoms with Crippen molar-refractivity contribution in [2.45, 2.75) is 39.3 Å². The highest BCUT2D eigenvalue weighted by Gasteiger charge is 2.08. The molecular weight excluding hydrogens is 321 g/mol. The molecule has 3 nitrogen and oxygen atoms in total. The molecule has 0 radical (unpaired) electrons. The van der Waals surface area contributed by atoms with Crippen LogP contribution >= 0.6 is 15.9 Å². The van der Waals surface area contributed by atoms with Crippen molar-refractivity contribution in [1.82, 2.24) is 9.78 Å². The molecule has 20 heavy (non-hydrogen) atoms. The molecule has 1 N–H and O–H groups in total. The summed E-state index contributed by atoms with van der Waals surface area (Å²) in [6.07, 6.45) is 4.11. The van der Waals surface area contributed by atoms with Crippen LogP contribution in [0.15, 0.2) is 34.9 Å². The summed E-state index contributed by atoms with van der Waals surface area (Å²) >= 11 is 3.34. The molecule has 0 aliphatic heterocycles. The monoisotopic (exact) mass is 339 g/mol. The SMILES string of the molecule is CCC(CC)n1ccc(CNc2cc(Br)ccc2F)n1. The van der Waals surface area contributed by atoms with E-state index in [2.05, 4.69) is 40.2 Å². The standard InChI is InChI=1S/C15H19BrFN3/c1-3-13(4-2)20-8-7-12(19-20)10-18-15-9-11(16)5-6-14(15)17/h5-9,13,18H,3-4,10H2,1-2H3. The summed E-state index contributed by atoms with van der Waals surface area (Å²) in [6.45, 7) is 4.83. The Morgan fingerprint density at radius 2 is 2.05 bits per heavy atom. The van der Waals surface area contributed by atoms with E-state index in [4.69, 9.17) is 0 Å². The van der Waals surface area contributed by atoms with Crippen molar-refractivity contribution in [2.24, 2.45) is 0 Å². The fourth-order valence-corrected chi connectivity index (χ4v) is 2.52. The average molecular weight is 340 g/mol. The number of benzene rings is 1. The third kappa shape index (κ3) is 3.60. The number of aromatic nitrogens is 2. The molecule has 0 saturated heterocycles. The van der Waals surface area contributed by atoms with Crippen LogP contribution in [0.4, 0.5) is 10.1 Å². The summed E-state index contributed by atoms with van der Waals surface area (Å²) in [5.74, 6) is -0.257. The number of rotatable bonds is 6. The summed E-state index contributed by atoms with van der Waals surface area (Å²) < 4.78 is 16.5. The van der Waals surface area contributed by atoms with Gasteiger partial charge in [-0.15, -0.1) is 0 Å². The zero-order valence-corrected chi connectivity index (χ0v) is 13.3. The topological polar surface area (TPSA) is 29.9 Å². The van der Waals surface area contributed by atoms with Crippen molar-refractivity contribution in [3.8, 4) is 0 Å². The van der Waals surface area contributed by atoms with Crippen molar-refractivity contribution >= 4 is 21.6 Å². The van der Waals surface area contributed by atoms with Gasteiger partial charge >= 0.3 is 0 Å². The third-order valence-electron chi connectivity index (χ3n) is 3.37. The lowest BCUT2D eigenvalue weighted by Crippen LogP contribution is -2.09. The highest BCUT2D eigenvalue weighted by atomic mass is 79.9. The molecule has 1 aromatic heterocycles. The van der Waals surface area contributed by atoms with Crippen LogP contribution in [-0.2, 0) is 6.54 Å². The highest BCUT2D eigenvalue weighted by molar-refractivity contribution is 9.10. The predicted octanol–water partition coefficient (Wildman–Crippen LogP) is 4.76. The van der Waals surface area contributed by atoms with E-state index in [1.807, 2.05) is 16.9 Å². The second-order valence-electron chi connectivity index (χ2n) is 4.74. The van der Waals surface area contributed by atoms with E-state index in [9.17, 15) is 4.39 Å². The molecule has 2 rings (SSSR count). The van der Waals surface area contributed by atoms with Gasteiger partial charge in [-0.1, -0.05) is 29.8 Å². The van der Waals surface area contributed by atoms with E-state index in [0.717, 1.165) is 23.0 Å². The molecule has 0 aliphatic rings. The lowest BCUT2D eigenvalue weighted by Gasteiger charge is -2.12. The van der Waals surface area contributed by atoms with Crippen molar-refractivity contribution in [3.63, 3.8) is 0 Å². The molecule has 0 amide bonds. The minimum atomic E-state index is -0.257. The summed E-state index contributed by atoms with van der Waals surface area (Å²) in [5.41, 5.74) is 1.40. The first-order valence-corrected chi connectivity index (χ1v) is 7.66. The van der Waals surface area contributed by atoms with E-state index >= 15 is 0 Å². The van der Waals surface area contributed by atoms with E-state index in [1.165, 1.54) is 6.07 Å². The number of hydrogen-bond donors (Lipinski definition) is 1. The molecule has 108 valence electrons. The maximum absolute atomic E-state index is 13.6. The first-order valence-electron chi connectivity index (χ1n) is 6.87. The first kappa shape index (κ1) is 15.0. The largest absolute Gasteiger partial charge is 0.377 e. The Balaban J connectivity index is 2.02. The number of anilines is 1. The molecule has 1 heterocycles. The Morgan fingerprint density at radius 1 is 1.30 bits per heavy atom. The molecule has 0 spiro atoms. The van der Waals surface area contributed by atoms with Crippen LogP contribution in [0, 0.1) is 5.82 Å². The Morgan fingerprint density at radius 3 is 2.75 bits per heavy atom. The summed E-state index contributed by atoms with van der Waals surface area (Å²) in [7, 11) is 0. The zero-order valence-electron chi connectivity index (χ0n) is 11.7. The first-order chi connectivity index (χ1) is 9.63. The smallest absolute Gasteiger partial charge is 0.146 e. The Bertz CT molecular complexity index is 564. The molecule has 5 heteroatoms. The van der Waals surface area contributed by atoms with Gasteiger partial charge in [0.25, 0.3) is 0 Å². The highest BCUT2D eigenvalue weighted by Crippen LogP contribution is 2.21. The van der Waals surface area contributed by atoms with E-state index < -0.39 is 0 Å². The fraction of sp³-hybridized carbons (Fsp3) is 0.400. The number of nitrogens with one attached hydrogen (secondary N) is 1. The van der Waals surface area contributed by atoms with E-state index in [1.54, 1.807) is 12.1 Å². The van der Waals surface area contributed by atoms with Crippen LogP contribution < -0.4 is 5.32 Å². The van der Waals surface area contributed by atoms with Gasteiger partial charge in [-0.25, -0.2) is 4.39 Å². The van der Waals surface area contributed by atoms with Gasteiger partial charge in [0.15, 0.2) is 0 Å². The molecule has 2 aromatic rings. The van der Waals surface area contributed by atoms with Gasteiger partial charge in [-0.05, 0) is 37.1 Å². The maximum Gasteiger partial charge on any atom is 0.146 e.